The topological polar surface area (TPSA) is 67.4 Å². The summed E-state index contributed by atoms with van der Waals surface area (Å²) in [4.78, 5) is 23.9. The van der Waals surface area contributed by atoms with Gasteiger partial charge in [-0.3, -0.25) is 0 Å². The van der Waals surface area contributed by atoms with Gasteiger partial charge in [-0.25, -0.2) is 9.59 Å². The van der Waals surface area contributed by atoms with Gasteiger partial charge in [-0.05, 0) is 17.7 Å². The first-order valence-electron chi connectivity index (χ1n) is 7.14. The van der Waals surface area contributed by atoms with E-state index < -0.39 is 5.97 Å². The lowest BCUT2D eigenvalue weighted by atomic mass is 9.98. The highest BCUT2D eigenvalue weighted by Crippen LogP contribution is 2.27. The van der Waals surface area contributed by atoms with E-state index in [9.17, 15) is 9.59 Å². The van der Waals surface area contributed by atoms with Crippen LogP contribution in [0.15, 0.2) is 48.0 Å². The Labute approximate surface area is 128 Å². The normalized spacial score (nSPS) is 14.5. The Morgan fingerprint density at radius 2 is 1.95 bits per heavy atom. The second-order valence-electron chi connectivity index (χ2n) is 4.91. The van der Waals surface area contributed by atoms with E-state index in [4.69, 9.17) is 4.74 Å². The van der Waals surface area contributed by atoms with Crippen molar-refractivity contribution in [1.29, 1.82) is 0 Å². The molecule has 0 saturated heterocycles. The number of esters is 1. The van der Waals surface area contributed by atoms with E-state index in [0.717, 1.165) is 16.3 Å². The van der Waals surface area contributed by atoms with E-state index in [0.29, 0.717) is 17.9 Å². The van der Waals surface area contributed by atoms with Gasteiger partial charge in [0.05, 0.1) is 24.4 Å². The van der Waals surface area contributed by atoms with Crippen molar-refractivity contribution in [3.8, 4) is 0 Å². The molecule has 0 spiro atoms. The number of amides is 2. The van der Waals surface area contributed by atoms with Crippen molar-refractivity contribution in [1.82, 2.24) is 10.6 Å². The van der Waals surface area contributed by atoms with E-state index in [-0.39, 0.29) is 12.6 Å². The molecular weight excluding hydrogens is 280 g/mol. The van der Waals surface area contributed by atoms with Gasteiger partial charge >= 0.3 is 12.0 Å². The summed E-state index contributed by atoms with van der Waals surface area (Å²) in [7, 11) is 0. The van der Waals surface area contributed by atoms with Crippen LogP contribution in [0.2, 0.25) is 0 Å². The summed E-state index contributed by atoms with van der Waals surface area (Å²) >= 11 is 0. The number of nitrogens with one attached hydrogen (secondary N) is 2. The lowest BCUT2D eigenvalue weighted by Crippen LogP contribution is -2.43. The summed E-state index contributed by atoms with van der Waals surface area (Å²) in [6.45, 7) is 2.20. The van der Waals surface area contributed by atoms with Gasteiger partial charge in [-0.15, -0.1) is 0 Å². The molecule has 0 saturated carbocycles. The van der Waals surface area contributed by atoms with Crippen LogP contribution in [-0.2, 0) is 9.53 Å². The highest BCUT2D eigenvalue weighted by Gasteiger charge is 2.25. The fraction of sp³-hybridized carbons (Fsp3) is 0.176. The van der Waals surface area contributed by atoms with Crippen LogP contribution in [0.1, 0.15) is 12.5 Å². The minimum absolute atomic E-state index is 0.156. The number of rotatable bonds is 3. The van der Waals surface area contributed by atoms with E-state index in [1.807, 2.05) is 42.5 Å². The number of benzene rings is 2. The molecular formula is C17H16N2O3. The van der Waals surface area contributed by atoms with Crippen LogP contribution in [-0.4, -0.2) is 25.2 Å². The van der Waals surface area contributed by atoms with Crippen LogP contribution in [0.25, 0.3) is 16.5 Å². The molecule has 2 N–H and O–H groups in total. The van der Waals surface area contributed by atoms with E-state index in [2.05, 4.69) is 10.6 Å². The summed E-state index contributed by atoms with van der Waals surface area (Å²) < 4.78 is 5.09. The van der Waals surface area contributed by atoms with Crippen LogP contribution >= 0.6 is 0 Å². The van der Waals surface area contributed by atoms with Crippen molar-refractivity contribution >= 4 is 28.5 Å². The second kappa shape index (κ2) is 5.89. The molecule has 5 nitrogen and oxygen atoms in total. The minimum Gasteiger partial charge on any atom is -0.463 e. The number of hydrogen-bond donors (Lipinski definition) is 2. The van der Waals surface area contributed by atoms with Gasteiger partial charge in [0, 0.05) is 5.56 Å². The zero-order valence-electron chi connectivity index (χ0n) is 12.2. The number of ether oxygens (including phenoxy) is 1. The van der Waals surface area contributed by atoms with E-state index >= 15 is 0 Å². The number of carbonyl (C=O) groups is 2. The van der Waals surface area contributed by atoms with Crippen LogP contribution in [0.5, 0.6) is 0 Å². The zero-order chi connectivity index (χ0) is 15.5. The average Bonchev–Trinajstić information content (AvgIpc) is 2.54. The maximum atomic E-state index is 12.2. The number of hydrogen-bond acceptors (Lipinski definition) is 3. The molecule has 0 aromatic heterocycles. The third-order valence-electron chi connectivity index (χ3n) is 3.55. The molecule has 1 aliphatic rings. The Balaban J connectivity index is 2.19. The van der Waals surface area contributed by atoms with Gasteiger partial charge in [0.2, 0.25) is 0 Å². The molecule has 0 bridgehead atoms. The Hall–Kier alpha value is -2.82. The molecule has 1 aliphatic heterocycles. The molecule has 0 atom stereocenters. The first-order valence-corrected chi connectivity index (χ1v) is 7.14. The molecule has 22 heavy (non-hydrogen) atoms. The number of fused-ring (bicyclic) bond motifs is 1. The predicted octanol–water partition coefficient (Wildman–Crippen LogP) is 2.43. The van der Waals surface area contributed by atoms with Crippen molar-refractivity contribution in [3.63, 3.8) is 0 Å². The fourth-order valence-corrected chi connectivity index (χ4v) is 2.56. The fourth-order valence-electron chi connectivity index (χ4n) is 2.56. The Bertz CT molecular complexity index is 775. The van der Waals surface area contributed by atoms with Crippen molar-refractivity contribution in [2.24, 2.45) is 0 Å². The third-order valence-corrected chi connectivity index (χ3v) is 3.55. The van der Waals surface area contributed by atoms with Crippen LogP contribution < -0.4 is 10.6 Å². The largest absolute Gasteiger partial charge is 0.463 e. The molecule has 2 aromatic rings. The van der Waals surface area contributed by atoms with Crippen molar-refractivity contribution in [3.05, 3.63) is 53.6 Å². The van der Waals surface area contributed by atoms with Gasteiger partial charge in [-0.2, -0.15) is 0 Å². The number of urea groups is 1. The molecule has 1 heterocycles. The summed E-state index contributed by atoms with van der Waals surface area (Å²) in [5.74, 6) is -0.419. The molecule has 0 unspecified atom stereocenters. The van der Waals surface area contributed by atoms with Gasteiger partial charge in [0.1, 0.15) is 0 Å². The molecule has 0 fully saturated rings. The van der Waals surface area contributed by atoms with Crippen LogP contribution in [0.3, 0.4) is 0 Å². The monoisotopic (exact) mass is 296 g/mol. The Kier molecular flexibility index (Phi) is 3.78. The van der Waals surface area contributed by atoms with Gasteiger partial charge in [-0.1, -0.05) is 42.5 Å². The highest BCUT2D eigenvalue weighted by molar-refractivity contribution is 6.07. The molecule has 0 radical (unpaired) electrons. The molecule has 2 amide bonds. The molecule has 5 heteroatoms. The predicted molar refractivity (Wildman–Crippen MR) is 84.0 cm³/mol. The maximum Gasteiger partial charge on any atom is 0.337 e. The second-order valence-corrected chi connectivity index (χ2v) is 4.91. The minimum atomic E-state index is -0.419. The standard InChI is InChI=1S/C17H16N2O3/c1-2-22-16(20)14-10-18-17(21)19-15(14)13-9-5-7-11-6-3-4-8-12(11)13/h3-9H,2,10H2,1H3,(H2,18,19,21). The van der Waals surface area contributed by atoms with E-state index in [1.54, 1.807) is 6.92 Å². The maximum absolute atomic E-state index is 12.2. The summed E-state index contributed by atoms with van der Waals surface area (Å²) in [5, 5.41) is 7.37. The SMILES string of the molecule is CCOC(=O)C1=C(c2cccc3ccccc23)NC(=O)NC1. The average molecular weight is 296 g/mol. The molecule has 2 aromatic carbocycles. The third kappa shape index (κ3) is 2.53. The Morgan fingerprint density at radius 1 is 1.18 bits per heavy atom. The Morgan fingerprint density at radius 3 is 2.77 bits per heavy atom. The summed E-state index contributed by atoms with van der Waals surface area (Å²) in [5.41, 5.74) is 1.76. The smallest absolute Gasteiger partial charge is 0.337 e. The van der Waals surface area contributed by atoms with E-state index in [1.165, 1.54) is 0 Å². The van der Waals surface area contributed by atoms with Gasteiger partial charge < -0.3 is 15.4 Å². The molecule has 3 rings (SSSR count). The van der Waals surface area contributed by atoms with Crippen LogP contribution in [0.4, 0.5) is 4.79 Å². The highest BCUT2D eigenvalue weighted by atomic mass is 16.5. The van der Waals surface area contributed by atoms with Gasteiger partial charge in [0.15, 0.2) is 0 Å². The van der Waals surface area contributed by atoms with Crippen molar-refractivity contribution < 1.29 is 14.3 Å². The first kappa shape index (κ1) is 14.1. The lowest BCUT2D eigenvalue weighted by molar-refractivity contribution is -0.138. The molecule has 0 aliphatic carbocycles. The zero-order valence-corrected chi connectivity index (χ0v) is 12.2. The van der Waals surface area contributed by atoms with Crippen LogP contribution in [0, 0.1) is 0 Å². The quantitative estimate of drug-likeness (QED) is 0.855. The van der Waals surface area contributed by atoms with Crippen molar-refractivity contribution in [2.45, 2.75) is 6.92 Å². The lowest BCUT2D eigenvalue weighted by Gasteiger charge is -2.22. The van der Waals surface area contributed by atoms with Crippen molar-refractivity contribution in [2.75, 3.05) is 13.2 Å². The number of carbonyl (C=O) groups excluding carboxylic acids is 2. The van der Waals surface area contributed by atoms with Gasteiger partial charge in [0.25, 0.3) is 0 Å². The first-order chi connectivity index (χ1) is 10.7. The summed E-state index contributed by atoms with van der Waals surface area (Å²) in [6, 6.07) is 13.3. The summed E-state index contributed by atoms with van der Waals surface area (Å²) in [6.07, 6.45) is 0. The molecule has 112 valence electrons.